The summed E-state index contributed by atoms with van der Waals surface area (Å²) in [6.07, 6.45) is 4.36. The molecule has 0 N–H and O–H groups in total. The minimum absolute atomic E-state index is 1.29. The third-order valence-electron chi connectivity index (χ3n) is 2.39. The normalized spacial score (nSPS) is 11.2. The number of rotatable bonds is 0. The minimum Gasteiger partial charge on any atom is -0.156 e. The molecule has 3 rings (SSSR count). The maximum Gasteiger partial charge on any atom is 0.267 e. The van der Waals surface area contributed by atoms with Crippen molar-refractivity contribution in [3.63, 3.8) is 0 Å². The van der Waals surface area contributed by atoms with Crippen molar-refractivity contribution in [1.29, 1.82) is 0 Å². The number of nitrogens with zero attached hydrogens (tertiary/aromatic N) is 1. The Labute approximate surface area is 86.2 Å². The molecule has 1 nitrogen and oxygen atoms in total. The summed E-state index contributed by atoms with van der Waals surface area (Å²) < 4.78 is 2.20. The predicted molar refractivity (Wildman–Crippen MR) is 59.7 cm³/mol. The van der Waals surface area contributed by atoms with E-state index >= 15 is 0 Å². The van der Waals surface area contributed by atoms with Gasteiger partial charge >= 0.3 is 0 Å². The van der Waals surface area contributed by atoms with Crippen molar-refractivity contribution < 1.29 is 4.40 Å². The molecule has 0 unspecified atom stereocenters. The number of thiazole rings is 1. The second kappa shape index (κ2) is 2.79. The number of aromatic nitrogens is 1. The van der Waals surface area contributed by atoms with Gasteiger partial charge < -0.3 is 0 Å². The van der Waals surface area contributed by atoms with Crippen LogP contribution in [0.5, 0.6) is 0 Å². The average molecular weight is 200 g/mol. The first kappa shape index (κ1) is 7.94. The third kappa shape index (κ3) is 1.11. The molecule has 0 spiro atoms. The summed E-state index contributed by atoms with van der Waals surface area (Å²) in [5.74, 6) is 0. The largest absolute Gasteiger partial charge is 0.267 e. The molecule has 0 aliphatic heterocycles. The second-order valence-corrected chi connectivity index (χ2v) is 4.76. The topological polar surface area (TPSA) is 4.10 Å². The van der Waals surface area contributed by atoms with E-state index in [1.165, 1.54) is 20.5 Å². The number of benzene rings is 1. The number of aryl methyl sites for hydroxylation is 1. The molecule has 2 aromatic heterocycles. The van der Waals surface area contributed by atoms with E-state index in [9.17, 15) is 0 Å². The SMILES string of the molecule is Cc1c[n+]2cc3ccccc3cc2s1. The van der Waals surface area contributed by atoms with E-state index in [-0.39, 0.29) is 0 Å². The summed E-state index contributed by atoms with van der Waals surface area (Å²) in [6.45, 7) is 2.14. The highest BCUT2D eigenvalue weighted by atomic mass is 32.1. The molecule has 0 aliphatic carbocycles. The van der Waals surface area contributed by atoms with Crippen LogP contribution >= 0.6 is 11.3 Å². The molecule has 2 heterocycles. The Morgan fingerprint density at radius 1 is 1.07 bits per heavy atom. The summed E-state index contributed by atoms with van der Waals surface area (Å²) in [5.41, 5.74) is 0. The van der Waals surface area contributed by atoms with Crippen LogP contribution in [0, 0.1) is 6.92 Å². The lowest BCUT2D eigenvalue weighted by Crippen LogP contribution is -2.16. The van der Waals surface area contributed by atoms with E-state index < -0.39 is 0 Å². The summed E-state index contributed by atoms with van der Waals surface area (Å²) in [4.78, 5) is 2.65. The molecule has 2 heteroatoms. The van der Waals surface area contributed by atoms with Crippen molar-refractivity contribution >= 4 is 26.9 Å². The van der Waals surface area contributed by atoms with Gasteiger partial charge in [0.05, 0.1) is 4.88 Å². The fourth-order valence-electron chi connectivity index (χ4n) is 1.75. The van der Waals surface area contributed by atoms with Gasteiger partial charge in [0, 0.05) is 11.5 Å². The van der Waals surface area contributed by atoms with Gasteiger partial charge in [-0.3, -0.25) is 0 Å². The van der Waals surface area contributed by atoms with Crippen molar-refractivity contribution in [3.05, 3.63) is 47.6 Å². The van der Waals surface area contributed by atoms with E-state index in [0.717, 1.165) is 0 Å². The second-order valence-electron chi connectivity index (χ2n) is 3.49. The van der Waals surface area contributed by atoms with Crippen LogP contribution in [0.3, 0.4) is 0 Å². The molecule has 0 radical (unpaired) electrons. The zero-order valence-electron chi connectivity index (χ0n) is 7.90. The lowest BCUT2D eigenvalue weighted by Gasteiger charge is -1.91. The van der Waals surface area contributed by atoms with E-state index in [1.807, 2.05) is 11.3 Å². The third-order valence-corrected chi connectivity index (χ3v) is 3.36. The van der Waals surface area contributed by atoms with Gasteiger partial charge in [0.1, 0.15) is 0 Å². The van der Waals surface area contributed by atoms with E-state index in [1.54, 1.807) is 0 Å². The van der Waals surface area contributed by atoms with Crippen LogP contribution in [0.1, 0.15) is 4.88 Å². The molecule has 0 atom stereocenters. The molecule has 0 saturated carbocycles. The molecule has 0 amide bonds. The molecule has 1 aromatic carbocycles. The van der Waals surface area contributed by atoms with Crippen molar-refractivity contribution in [1.82, 2.24) is 0 Å². The van der Waals surface area contributed by atoms with E-state index in [2.05, 4.69) is 54.0 Å². The average Bonchev–Trinajstić information content (AvgIpc) is 2.53. The van der Waals surface area contributed by atoms with Gasteiger partial charge in [-0.15, -0.1) is 0 Å². The van der Waals surface area contributed by atoms with Crippen molar-refractivity contribution in [2.75, 3.05) is 0 Å². The molecule has 0 bridgehead atoms. The van der Waals surface area contributed by atoms with E-state index in [0.29, 0.717) is 0 Å². The zero-order valence-corrected chi connectivity index (χ0v) is 8.71. The van der Waals surface area contributed by atoms with Gasteiger partial charge in [0.15, 0.2) is 12.4 Å². The van der Waals surface area contributed by atoms with Gasteiger partial charge in [-0.05, 0) is 18.4 Å². The molecule has 3 aromatic rings. The van der Waals surface area contributed by atoms with Gasteiger partial charge in [0.25, 0.3) is 4.83 Å². The van der Waals surface area contributed by atoms with Crippen LogP contribution < -0.4 is 4.40 Å². The van der Waals surface area contributed by atoms with Gasteiger partial charge in [-0.2, -0.15) is 4.40 Å². The van der Waals surface area contributed by atoms with Crippen LogP contribution in [-0.2, 0) is 0 Å². The highest BCUT2D eigenvalue weighted by Gasteiger charge is 2.07. The molecular weight excluding hydrogens is 190 g/mol. The molecule has 0 saturated heterocycles. The molecule has 0 aliphatic rings. The highest BCUT2D eigenvalue weighted by molar-refractivity contribution is 7.16. The Morgan fingerprint density at radius 2 is 1.86 bits per heavy atom. The maximum atomic E-state index is 2.24. The van der Waals surface area contributed by atoms with E-state index in [4.69, 9.17) is 0 Å². The first-order valence-electron chi connectivity index (χ1n) is 4.63. The Hall–Kier alpha value is -1.41. The number of pyridine rings is 1. The molecule has 0 fully saturated rings. The summed E-state index contributed by atoms with van der Waals surface area (Å²) in [6, 6.07) is 10.7. The number of hydrogen-bond donors (Lipinski definition) is 0. The van der Waals surface area contributed by atoms with Crippen LogP contribution in [-0.4, -0.2) is 0 Å². The first-order valence-corrected chi connectivity index (χ1v) is 5.45. The summed E-state index contributed by atoms with van der Waals surface area (Å²) in [5, 5.41) is 2.61. The Kier molecular flexibility index (Phi) is 1.58. The summed E-state index contributed by atoms with van der Waals surface area (Å²) in [7, 11) is 0. The quantitative estimate of drug-likeness (QED) is 0.491. The lowest BCUT2D eigenvalue weighted by molar-refractivity contribution is -0.506. The van der Waals surface area contributed by atoms with Crippen LogP contribution in [0.4, 0.5) is 0 Å². The molecule has 68 valence electrons. The smallest absolute Gasteiger partial charge is 0.156 e. The minimum atomic E-state index is 1.29. The molecular formula is C12H10NS+. The standard InChI is InChI=1S/C12H10NS/c1-9-7-13-8-11-5-3-2-4-10(11)6-12(13)14-9/h2-8H,1H3/q+1. The Balaban J connectivity index is 2.51. The fourth-order valence-corrected chi connectivity index (χ4v) is 2.64. The highest BCUT2D eigenvalue weighted by Crippen LogP contribution is 2.17. The number of hydrogen-bond acceptors (Lipinski definition) is 1. The number of fused-ring (bicyclic) bond motifs is 2. The van der Waals surface area contributed by atoms with Crippen molar-refractivity contribution in [3.8, 4) is 0 Å². The Bertz CT molecular complexity index is 557. The van der Waals surface area contributed by atoms with Gasteiger partial charge in [-0.1, -0.05) is 29.5 Å². The lowest BCUT2D eigenvalue weighted by atomic mass is 10.2. The zero-order chi connectivity index (χ0) is 9.54. The Morgan fingerprint density at radius 3 is 2.71 bits per heavy atom. The van der Waals surface area contributed by atoms with Crippen LogP contribution in [0.25, 0.3) is 15.6 Å². The van der Waals surface area contributed by atoms with Gasteiger partial charge in [-0.25, -0.2) is 0 Å². The molecule has 14 heavy (non-hydrogen) atoms. The van der Waals surface area contributed by atoms with Crippen molar-refractivity contribution in [2.24, 2.45) is 0 Å². The van der Waals surface area contributed by atoms with Crippen LogP contribution in [0.15, 0.2) is 42.7 Å². The fraction of sp³-hybridized carbons (Fsp3) is 0.0833. The predicted octanol–water partition coefficient (Wildman–Crippen LogP) is 2.95. The van der Waals surface area contributed by atoms with Gasteiger partial charge in [0.2, 0.25) is 0 Å². The monoisotopic (exact) mass is 200 g/mol. The summed E-state index contributed by atoms with van der Waals surface area (Å²) >= 11 is 1.83. The van der Waals surface area contributed by atoms with Crippen molar-refractivity contribution in [2.45, 2.75) is 6.92 Å². The van der Waals surface area contributed by atoms with Crippen LogP contribution in [0.2, 0.25) is 0 Å². The maximum absolute atomic E-state index is 2.24. The first-order chi connectivity index (χ1) is 6.83.